The predicted molar refractivity (Wildman–Crippen MR) is 77.4 cm³/mol. The van der Waals surface area contributed by atoms with Crippen LogP contribution in [0.2, 0.25) is 0 Å². The van der Waals surface area contributed by atoms with E-state index in [1.54, 1.807) is 0 Å². The molecule has 20 heavy (non-hydrogen) atoms. The number of benzene rings is 1. The van der Waals surface area contributed by atoms with Crippen LogP contribution in [0.3, 0.4) is 0 Å². The van der Waals surface area contributed by atoms with Crippen LogP contribution < -0.4 is 15.4 Å². The highest BCUT2D eigenvalue weighted by Gasteiger charge is 2.08. The molecule has 1 amide bonds. The van der Waals surface area contributed by atoms with Crippen molar-refractivity contribution in [3.8, 4) is 11.8 Å². The molecule has 5 nitrogen and oxygen atoms in total. The third-order valence-corrected chi connectivity index (χ3v) is 2.81. The summed E-state index contributed by atoms with van der Waals surface area (Å²) < 4.78 is 5.58. The molecule has 1 aromatic carbocycles. The highest BCUT2D eigenvalue weighted by Crippen LogP contribution is 2.24. The van der Waals surface area contributed by atoms with E-state index in [1.807, 2.05) is 39.1 Å². The maximum absolute atomic E-state index is 11.5. The van der Waals surface area contributed by atoms with Crippen molar-refractivity contribution in [2.45, 2.75) is 26.8 Å². The van der Waals surface area contributed by atoms with E-state index in [-0.39, 0.29) is 12.5 Å². The summed E-state index contributed by atoms with van der Waals surface area (Å²) in [4.78, 5) is 11.5. The second-order valence-electron chi connectivity index (χ2n) is 4.64. The van der Waals surface area contributed by atoms with Crippen LogP contribution in [0.4, 0.5) is 0 Å². The van der Waals surface area contributed by atoms with E-state index >= 15 is 0 Å². The van der Waals surface area contributed by atoms with Gasteiger partial charge in [0.2, 0.25) is 0 Å². The lowest BCUT2D eigenvalue weighted by molar-refractivity contribution is -0.123. The van der Waals surface area contributed by atoms with Crippen LogP contribution in [0.15, 0.2) is 12.1 Å². The van der Waals surface area contributed by atoms with E-state index in [4.69, 9.17) is 10.00 Å². The van der Waals surface area contributed by atoms with Crippen LogP contribution in [-0.2, 0) is 11.3 Å². The number of aryl methyl sites for hydroxylation is 2. The average Bonchev–Trinajstić information content (AvgIpc) is 2.38. The van der Waals surface area contributed by atoms with Gasteiger partial charge in [-0.25, -0.2) is 0 Å². The zero-order valence-electron chi connectivity index (χ0n) is 12.2. The molecule has 0 aromatic heterocycles. The normalized spacial score (nSPS) is 9.90. The molecule has 108 valence electrons. The Balaban J connectivity index is 2.60. The van der Waals surface area contributed by atoms with Crippen molar-refractivity contribution < 1.29 is 9.53 Å². The molecule has 0 aliphatic heterocycles. The predicted octanol–water partition coefficient (Wildman–Crippen LogP) is 1.43. The first-order valence-electron chi connectivity index (χ1n) is 6.59. The number of nitrogens with zero attached hydrogens (tertiary/aromatic N) is 1. The monoisotopic (exact) mass is 275 g/mol. The van der Waals surface area contributed by atoms with Gasteiger partial charge in [0.25, 0.3) is 5.91 Å². The van der Waals surface area contributed by atoms with E-state index in [2.05, 4.69) is 10.6 Å². The van der Waals surface area contributed by atoms with Crippen LogP contribution in [0.25, 0.3) is 0 Å². The lowest BCUT2D eigenvalue weighted by Crippen LogP contribution is -2.29. The minimum absolute atomic E-state index is 0.0293. The number of carbonyl (C=O) groups excluding carboxylic acids is 1. The second kappa shape index (κ2) is 8.18. The smallest absolute Gasteiger partial charge is 0.257 e. The molecule has 0 unspecified atom stereocenters. The first-order chi connectivity index (χ1) is 9.58. The molecule has 0 saturated heterocycles. The molecule has 0 aliphatic carbocycles. The molecule has 0 heterocycles. The third kappa shape index (κ3) is 4.90. The molecule has 0 radical (unpaired) electrons. The fourth-order valence-electron chi connectivity index (χ4n) is 2.02. The Hall–Kier alpha value is -2.06. The maximum Gasteiger partial charge on any atom is 0.257 e. The fourth-order valence-corrected chi connectivity index (χ4v) is 2.02. The number of ether oxygens (including phenoxy) is 1. The molecule has 2 N–H and O–H groups in total. The molecule has 0 spiro atoms. The average molecular weight is 275 g/mol. The number of hydrogen-bond acceptors (Lipinski definition) is 4. The van der Waals surface area contributed by atoms with Crippen molar-refractivity contribution in [3.05, 3.63) is 28.8 Å². The van der Waals surface area contributed by atoms with Gasteiger partial charge in [0.15, 0.2) is 6.61 Å². The van der Waals surface area contributed by atoms with Crippen LogP contribution >= 0.6 is 0 Å². The highest BCUT2D eigenvalue weighted by molar-refractivity contribution is 5.77. The Kier molecular flexibility index (Phi) is 6.54. The second-order valence-corrected chi connectivity index (χ2v) is 4.64. The minimum atomic E-state index is -0.210. The molecule has 0 bridgehead atoms. The van der Waals surface area contributed by atoms with Crippen molar-refractivity contribution in [1.29, 1.82) is 5.26 Å². The summed E-state index contributed by atoms with van der Waals surface area (Å²) in [5, 5.41) is 14.1. The topological polar surface area (TPSA) is 74.2 Å². The van der Waals surface area contributed by atoms with Gasteiger partial charge in [0, 0.05) is 13.1 Å². The summed E-state index contributed by atoms with van der Waals surface area (Å²) in [5.41, 5.74) is 3.22. The van der Waals surface area contributed by atoms with Gasteiger partial charge >= 0.3 is 0 Å². The van der Waals surface area contributed by atoms with Crippen molar-refractivity contribution in [1.82, 2.24) is 10.6 Å². The lowest BCUT2D eigenvalue weighted by Gasteiger charge is -2.14. The van der Waals surface area contributed by atoms with Gasteiger partial charge in [-0.15, -0.1) is 0 Å². The molecule has 1 aromatic rings. The van der Waals surface area contributed by atoms with Gasteiger partial charge in [-0.2, -0.15) is 5.26 Å². The Labute approximate surface area is 119 Å². The lowest BCUT2D eigenvalue weighted by atomic mass is 10.1. The molecule has 1 rings (SSSR count). The quantitative estimate of drug-likeness (QED) is 0.738. The van der Waals surface area contributed by atoms with Gasteiger partial charge in [-0.1, -0.05) is 12.1 Å². The highest BCUT2D eigenvalue weighted by atomic mass is 16.5. The number of amides is 1. The Morgan fingerprint density at radius 2 is 2.00 bits per heavy atom. The molecule has 5 heteroatoms. The number of hydrogen-bond donors (Lipinski definition) is 2. The SMILES string of the molecule is CNCc1cc(C)c(OCC(=O)NCCC#N)c(C)c1. The third-order valence-electron chi connectivity index (χ3n) is 2.81. The van der Waals surface area contributed by atoms with Crippen molar-refractivity contribution in [3.63, 3.8) is 0 Å². The molecule has 0 saturated carbocycles. The van der Waals surface area contributed by atoms with Crippen molar-refractivity contribution in [2.24, 2.45) is 0 Å². The van der Waals surface area contributed by atoms with Gasteiger partial charge in [0.05, 0.1) is 12.5 Å². The summed E-state index contributed by atoms with van der Waals surface area (Å²) in [6.07, 6.45) is 0.308. The van der Waals surface area contributed by atoms with Crippen LogP contribution in [0.1, 0.15) is 23.1 Å². The summed E-state index contributed by atoms with van der Waals surface area (Å²) in [6.45, 7) is 5.07. The summed E-state index contributed by atoms with van der Waals surface area (Å²) in [5.74, 6) is 0.540. The number of nitriles is 1. The molecule has 0 atom stereocenters. The first kappa shape index (κ1) is 16.0. The first-order valence-corrected chi connectivity index (χ1v) is 6.59. The van der Waals surface area contributed by atoms with E-state index in [1.165, 1.54) is 5.56 Å². The van der Waals surface area contributed by atoms with Gasteiger partial charge in [-0.3, -0.25) is 4.79 Å². The van der Waals surface area contributed by atoms with Crippen molar-refractivity contribution in [2.75, 3.05) is 20.2 Å². The van der Waals surface area contributed by atoms with Crippen LogP contribution in [0.5, 0.6) is 5.75 Å². The summed E-state index contributed by atoms with van der Waals surface area (Å²) in [7, 11) is 1.90. The Morgan fingerprint density at radius 3 is 2.55 bits per heavy atom. The Morgan fingerprint density at radius 1 is 1.35 bits per heavy atom. The Bertz CT molecular complexity index is 483. The summed E-state index contributed by atoms with van der Waals surface area (Å²) in [6, 6.07) is 6.07. The van der Waals surface area contributed by atoms with Crippen LogP contribution in [-0.4, -0.2) is 26.1 Å². The zero-order chi connectivity index (χ0) is 15.0. The standard InChI is InChI=1S/C15H21N3O2/c1-11-7-13(9-17-3)8-12(2)15(11)20-10-14(19)18-6-4-5-16/h7-8,17H,4,6,9-10H2,1-3H3,(H,18,19). The van der Waals surface area contributed by atoms with E-state index in [0.717, 1.165) is 23.4 Å². The maximum atomic E-state index is 11.5. The largest absolute Gasteiger partial charge is 0.483 e. The number of carbonyl (C=O) groups is 1. The fraction of sp³-hybridized carbons (Fsp3) is 0.467. The van der Waals surface area contributed by atoms with Gasteiger partial charge in [-0.05, 0) is 37.6 Å². The minimum Gasteiger partial charge on any atom is -0.483 e. The molecule has 0 aliphatic rings. The van der Waals surface area contributed by atoms with E-state index in [0.29, 0.717) is 13.0 Å². The van der Waals surface area contributed by atoms with Crippen LogP contribution in [0, 0.1) is 25.2 Å². The number of nitrogens with one attached hydrogen (secondary N) is 2. The molecular weight excluding hydrogens is 254 g/mol. The molecule has 0 fully saturated rings. The molecular formula is C15H21N3O2. The van der Waals surface area contributed by atoms with E-state index < -0.39 is 0 Å². The number of rotatable bonds is 7. The van der Waals surface area contributed by atoms with E-state index in [9.17, 15) is 4.79 Å². The van der Waals surface area contributed by atoms with Gasteiger partial charge in [0.1, 0.15) is 5.75 Å². The summed E-state index contributed by atoms with van der Waals surface area (Å²) >= 11 is 0. The zero-order valence-corrected chi connectivity index (χ0v) is 12.2. The van der Waals surface area contributed by atoms with Crippen molar-refractivity contribution >= 4 is 5.91 Å². The van der Waals surface area contributed by atoms with Gasteiger partial charge < -0.3 is 15.4 Å².